The van der Waals surface area contributed by atoms with Gasteiger partial charge < -0.3 is 9.32 Å². The highest BCUT2D eigenvalue weighted by molar-refractivity contribution is 6.13. The molecule has 1 aliphatic rings. The van der Waals surface area contributed by atoms with Crippen LogP contribution in [-0.2, 0) is 0 Å². The first-order valence-electron chi connectivity index (χ1n) is 6.59. The Morgan fingerprint density at radius 2 is 1.90 bits per heavy atom. The van der Waals surface area contributed by atoms with Crippen molar-refractivity contribution in [2.24, 2.45) is 0 Å². The fourth-order valence-corrected chi connectivity index (χ4v) is 2.79. The van der Waals surface area contributed by atoms with Crippen molar-refractivity contribution in [2.75, 3.05) is 31.1 Å². The summed E-state index contributed by atoms with van der Waals surface area (Å²) in [6.45, 7) is 3.58. The van der Waals surface area contributed by atoms with Crippen molar-refractivity contribution < 1.29 is 4.42 Å². The van der Waals surface area contributed by atoms with Gasteiger partial charge in [0.2, 0.25) is 0 Å². The number of hydrogen-bond donors (Lipinski definition) is 0. The first-order chi connectivity index (χ1) is 9.81. The fraction of sp³-hybridized carbons (Fsp3) is 0.286. The van der Waals surface area contributed by atoms with Gasteiger partial charge in [-0.3, -0.25) is 4.98 Å². The van der Waals surface area contributed by atoms with Crippen LogP contribution in [0, 0.1) is 0 Å². The number of oxazole rings is 1. The number of pyridine rings is 1. The maximum Gasteiger partial charge on any atom is 0.182 e. The minimum Gasteiger partial charge on any atom is -0.443 e. The maximum atomic E-state index is 6.00. The fourth-order valence-electron chi connectivity index (χ4n) is 2.63. The van der Waals surface area contributed by atoms with Gasteiger partial charge in [0.15, 0.2) is 12.0 Å². The molecular formula is C14H13ClN4O. The van der Waals surface area contributed by atoms with Crippen LogP contribution in [0.15, 0.2) is 35.2 Å². The summed E-state index contributed by atoms with van der Waals surface area (Å²) < 4.78 is 7.32. The number of rotatable bonds is 1. The third-order valence-electron chi connectivity index (χ3n) is 3.74. The van der Waals surface area contributed by atoms with Gasteiger partial charge in [0.1, 0.15) is 5.52 Å². The zero-order valence-corrected chi connectivity index (χ0v) is 11.5. The van der Waals surface area contributed by atoms with Crippen molar-refractivity contribution in [1.29, 1.82) is 0 Å². The highest BCUT2D eigenvalue weighted by Gasteiger charge is 2.16. The molecule has 0 bridgehead atoms. The number of hydrogen-bond acceptors (Lipinski definition) is 5. The lowest BCUT2D eigenvalue weighted by Crippen LogP contribution is -2.42. The van der Waals surface area contributed by atoms with Gasteiger partial charge in [0.25, 0.3) is 0 Å². The second kappa shape index (κ2) is 4.61. The molecule has 0 radical (unpaired) electrons. The SMILES string of the molecule is ClN1CCN(c2ccc3ncc4ncoc4c3c2)CC1. The Labute approximate surface area is 120 Å². The van der Waals surface area contributed by atoms with Crippen molar-refractivity contribution >= 4 is 39.5 Å². The van der Waals surface area contributed by atoms with Gasteiger partial charge in [-0.05, 0) is 30.0 Å². The average Bonchev–Trinajstić information content (AvgIpc) is 2.96. The molecule has 2 aromatic heterocycles. The van der Waals surface area contributed by atoms with Crippen molar-refractivity contribution in [1.82, 2.24) is 14.4 Å². The number of aromatic nitrogens is 2. The standard InChI is InChI=1S/C14H13ClN4O/c15-19-5-3-18(4-6-19)10-1-2-12-11(7-10)14-13(8-16-12)17-9-20-14/h1-2,7-9H,3-6H2. The Morgan fingerprint density at radius 3 is 2.75 bits per heavy atom. The molecule has 0 amide bonds. The highest BCUT2D eigenvalue weighted by Crippen LogP contribution is 2.27. The summed E-state index contributed by atoms with van der Waals surface area (Å²) in [6, 6.07) is 6.25. The van der Waals surface area contributed by atoms with E-state index in [1.165, 1.54) is 12.1 Å². The molecule has 1 fully saturated rings. The molecule has 0 atom stereocenters. The van der Waals surface area contributed by atoms with E-state index < -0.39 is 0 Å². The first-order valence-corrected chi connectivity index (χ1v) is 6.93. The topological polar surface area (TPSA) is 45.4 Å². The molecule has 5 nitrogen and oxygen atoms in total. The summed E-state index contributed by atoms with van der Waals surface area (Å²) in [5.41, 5.74) is 3.69. The van der Waals surface area contributed by atoms with Crippen molar-refractivity contribution in [3.63, 3.8) is 0 Å². The summed E-state index contributed by atoms with van der Waals surface area (Å²) in [5.74, 6) is 0. The minimum absolute atomic E-state index is 0.792. The lowest BCUT2D eigenvalue weighted by molar-refractivity contribution is 0.416. The molecule has 1 aliphatic heterocycles. The first kappa shape index (κ1) is 11.9. The van der Waals surface area contributed by atoms with Gasteiger partial charge in [-0.15, -0.1) is 0 Å². The second-order valence-electron chi connectivity index (χ2n) is 4.92. The Balaban J connectivity index is 1.81. The lowest BCUT2D eigenvalue weighted by atomic mass is 10.1. The predicted octanol–water partition coefficient (Wildman–Crippen LogP) is 2.65. The number of benzene rings is 1. The van der Waals surface area contributed by atoms with Crippen LogP contribution in [0.4, 0.5) is 5.69 Å². The van der Waals surface area contributed by atoms with E-state index in [1.54, 1.807) is 6.20 Å². The van der Waals surface area contributed by atoms with E-state index in [-0.39, 0.29) is 0 Å². The van der Waals surface area contributed by atoms with E-state index in [2.05, 4.69) is 27.0 Å². The molecule has 0 N–H and O–H groups in total. The van der Waals surface area contributed by atoms with Crippen LogP contribution in [0.1, 0.15) is 0 Å². The van der Waals surface area contributed by atoms with Crippen LogP contribution in [0.2, 0.25) is 0 Å². The highest BCUT2D eigenvalue weighted by atomic mass is 35.5. The third kappa shape index (κ3) is 1.90. The second-order valence-corrected chi connectivity index (χ2v) is 5.40. The number of halogens is 1. The minimum atomic E-state index is 0.792. The molecule has 20 heavy (non-hydrogen) atoms. The summed E-state index contributed by atoms with van der Waals surface area (Å²) in [4.78, 5) is 10.9. The molecule has 3 heterocycles. The normalized spacial score (nSPS) is 17.1. The zero-order chi connectivity index (χ0) is 13.5. The van der Waals surface area contributed by atoms with E-state index in [1.807, 2.05) is 10.5 Å². The smallest absolute Gasteiger partial charge is 0.182 e. The van der Waals surface area contributed by atoms with E-state index >= 15 is 0 Å². The Kier molecular flexibility index (Phi) is 2.75. The van der Waals surface area contributed by atoms with Crippen LogP contribution in [-0.4, -0.2) is 40.6 Å². The predicted molar refractivity (Wildman–Crippen MR) is 78.9 cm³/mol. The van der Waals surface area contributed by atoms with Gasteiger partial charge >= 0.3 is 0 Å². The number of piperazine rings is 1. The van der Waals surface area contributed by atoms with Crippen LogP contribution >= 0.6 is 11.8 Å². The van der Waals surface area contributed by atoms with E-state index in [4.69, 9.17) is 16.2 Å². The van der Waals surface area contributed by atoms with Crippen LogP contribution < -0.4 is 4.90 Å². The Morgan fingerprint density at radius 1 is 1.05 bits per heavy atom. The van der Waals surface area contributed by atoms with Gasteiger partial charge in [-0.2, -0.15) is 0 Å². The van der Waals surface area contributed by atoms with Crippen LogP contribution in [0.5, 0.6) is 0 Å². The summed E-state index contributed by atoms with van der Waals surface area (Å²) in [5, 5.41) is 1.01. The summed E-state index contributed by atoms with van der Waals surface area (Å²) in [7, 11) is 0. The Hall–Kier alpha value is -1.85. The van der Waals surface area contributed by atoms with Crippen LogP contribution in [0.3, 0.4) is 0 Å². The van der Waals surface area contributed by atoms with E-state index in [0.717, 1.165) is 48.2 Å². The number of fused-ring (bicyclic) bond motifs is 3. The molecule has 0 aliphatic carbocycles. The van der Waals surface area contributed by atoms with Crippen molar-refractivity contribution in [3.8, 4) is 0 Å². The van der Waals surface area contributed by atoms with Gasteiger partial charge in [0.05, 0.1) is 11.7 Å². The zero-order valence-electron chi connectivity index (χ0n) is 10.8. The molecular weight excluding hydrogens is 276 g/mol. The quantitative estimate of drug-likeness (QED) is 0.644. The molecule has 1 aromatic carbocycles. The van der Waals surface area contributed by atoms with Gasteiger partial charge in [0, 0.05) is 37.3 Å². The van der Waals surface area contributed by atoms with E-state index in [9.17, 15) is 0 Å². The average molecular weight is 289 g/mol. The monoisotopic (exact) mass is 288 g/mol. The number of anilines is 1. The molecule has 0 spiro atoms. The molecule has 3 aromatic rings. The third-order valence-corrected chi connectivity index (χ3v) is 4.07. The lowest BCUT2D eigenvalue weighted by Gasteiger charge is -2.32. The summed E-state index contributed by atoms with van der Waals surface area (Å²) >= 11 is 6.00. The maximum absolute atomic E-state index is 6.00. The van der Waals surface area contributed by atoms with Crippen LogP contribution in [0.25, 0.3) is 22.0 Å². The van der Waals surface area contributed by atoms with Gasteiger partial charge in [-0.25, -0.2) is 9.40 Å². The Bertz CT molecular complexity index is 764. The molecule has 6 heteroatoms. The van der Waals surface area contributed by atoms with Crippen molar-refractivity contribution in [2.45, 2.75) is 0 Å². The van der Waals surface area contributed by atoms with Crippen molar-refractivity contribution in [3.05, 3.63) is 30.8 Å². The summed E-state index contributed by atoms with van der Waals surface area (Å²) in [6.07, 6.45) is 3.21. The van der Waals surface area contributed by atoms with E-state index in [0.29, 0.717) is 0 Å². The molecule has 0 unspecified atom stereocenters. The molecule has 102 valence electrons. The molecule has 4 rings (SSSR count). The number of nitrogens with zero attached hydrogens (tertiary/aromatic N) is 4. The largest absolute Gasteiger partial charge is 0.443 e. The molecule has 1 saturated heterocycles. The van der Waals surface area contributed by atoms with Gasteiger partial charge in [-0.1, -0.05) is 0 Å². The molecule has 0 saturated carbocycles.